The van der Waals surface area contributed by atoms with Crippen molar-refractivity contribution < 1.29 is 23.8 Å². The zero-order valence-electron chi connectivity index (χ0n) is 17.3. The summed E-state index contributed by atoms with van der Waals surface area (Å²) < 4.78 is 20.0. The second kappa shape index (κ2) is 9.50. The monoisotopic (exact) mass is 431 g/mol. The van der Waals surface area contributed by atoms with Gasteiger partial charge < -0.3 is 31.5 Å². The van der Waals surface area contributed by atoms with Crippen LogP contribution in [0.15, 0.2) is 30.3 Å². The van der Waals surface area contributed by atoms with E-state index in [9.17, 15) is 14.0 Å². The first kappa shape index (κ1) is 22.1. The number of nitrogens with one attached hydrogen (secondary N) is 3. The molecule has 3 rings (SSSR count). The third kappa shape index (κ3) is 5.33. The lowest BCUT2D eigenvalue weighted by Crippen LogP contribution is -2.50. The lowest BCUT2D eigenvalue weighted by Gasteiger charge is -2.38. The van der Waals surface area contributed by atoms with Crippen LogP contribution in [0.3, 0.4) is 0 Å². The summed E-state index contributed by atoms with van der Waals surface area (Å²) in [6, 6.07) is 7.11. The topological polar surface area (TPSA) is 139 Å². The average Bonchev–Trinajstić information content (AvgIpc) is 2.67. The molecule has 1 aliphatic rings. The van der Waals surface area contributed by atoms with E-state index in [4.69, 9.17) is 15.6 Å². The molecule has 2 atom stereocenters. The summed E-state index contributed by atoms with van der Waals surface area (Å²) >= 11 is 0. The van der Waals surface area contributed by atoms with Crippen LogP contribution in [-0.2, 0) is 0 Å². The minimum atomic E-state index is -1.16. The van der Waals surface area contributed by atoms with Gasteiger partial charge in [-0.25, -0.2) is 14.2 Å². The molecule has 0 unspecified atom stereocenters. The van der Waals surface area contributed by atoms with Gasteiger partial charge in [-0.05, 0) is 43.9 Å². The third-order valence-corrected chi connectivity index (χ3v) is 5.42. The van der Waals surface area contributed by atoms with Gasteiger partial charge in [0, 0.05) is 17.8 Å². The zero-order valence-corrected chi connectivity index (χ0v) is 17.3. The molecule has 2 aromatic rings. The number of methoxy groups -OCH3 is 1. The van der Waals surface area contributed by atoms with Crippen molar-refractivity contribution in [1.82, 2.24) is 10.3 Å². The average molecular weight is 431 g/mol. The maximum Gasteiger partial charge on any atom is 0.404 e. The summed E-state index contributed by atoms with van der Waals surface area (Å²) in [5.74, 6) is -0.836. The Bertz CT molecular complexity index is 967. The summed E-state index contributed by atoms with van der Waals surface area (Å²) in [7, 11) is 1.53. The molecule has 0 radical (unpaired) electrons. The van der Waals surface area contributed by atoms with Crippen LogP contribution in [0.25, 0.3) is 0 Å². The van der Waals surface area contributed by atoms with E-state index in [1.54, 1.807) is 31.2 Å². The molecular formula is C21H26FN5O4. The van der Waals surface area contributed by atoms with E-state index >= 15 is 0 Å². The standard InChI is InChI=1S/C21H26FN5O4/c1-11(24-21(29)30)17(12-5-3-6-12)26-20-16(22)10-15(18(23)28)19(27-20)25-13-7-4-8-14(9-13)31-2/h4,7-12,17,24H,3,5-6H2,1-2H3,(H2,23,28)(H,29,30)(H2,25,26,27)/t11-,17+/m0/s1. The fraction of sp³-hybridized carbons (Fsp3) is 0.381. The molecule has 1 fully saturated rings. The van der Waals surface area contributed by atoms with Crippen LogP contribution in [0.4, 0.5) is 26.5 Å². The number of nitrogens with two attached hydrogens (primary N) is 1. The van der Waals surface area contributed by atoms with Crippen molar-refractivity contribution in [3.8, 4) is 5.75 Å². The highest BCUT2D eigenvalue weighted by atomic mass is 19.1. The second-order valence-electron chi connectivity index (χ2n) is 7.54. The molecule has 1 aromatic carbocycles. The molecule has 31 heavy (non-hydrogen) atoms. The first-order valence-corrected chi connectivity index (χ1v) is 9.96. The number of ether oxygens (including phenoxy) is 1. The maximum atomic E-state index is 14.8. The number of halogens is 1. The Morgan fingerprint density at radius 2 is 2.03 bits per heavy atom. The van der Waals surface area contributed by atoms with Crippen molar-refractivity contribution in [2.75, 3.05) is 17.7 Å². The zero-order chi connectivity index (χ0) is 22.5. The lowest BCUT2D eigenvalue weighted by atomic mass is 9.77. The first-order chi connectivity index (χ1) is 14.8. The van der Waals surface area contributed by atoms with Gasteiger partial charge in [0.2, 0.25) is 0 Å². The SMILES string of the molecule is COc1cccc(Nc2nc(N[C@@H](C3CCC3)[C@H](C)NC(=O)O)c(F)cc2C(N)=O)c1. The molecule has 1 aromatic heterocycles. The highest BCUT2D eigenvalue weighted by Crippen LogP contribution is 2.34. The number of carbonyl (C=O) groups is 2. The van der Waals surface area contributed by atoms with E-state index < -0.39 is 23.9 Å². The van der Waals surface area contributed by atoms with Crippen molar-refractivity contribution in [3.63, 3.8) is 0 Å². The van der Waals surface area contributed by atoms with Gasteiger partial charge in [0.15, 0.2) is 11.6 Å². The van der Waals surface area contributed by atoms with Gasteiger partial charge in [-0.15, -0.1) is 0 Å². The number of primary amides is 1. The van der Waals surface area contributed by atoms with Gasteiger partial charge in [0.25, 0.3) is 5.91 Å². The fourth-order valence-corrected chi connectivity index (χ4v) is 3.60. The molecule has 0 spiro atoms. The van der Waals surface area contributed by atoms with Gasteiger partial charge in [-0.1, -0.05) is 12.5 Å². The van der Waals surface area contributed by atoms with Crippen molar-refractivity contribution >= 4 is 29.3 Å². The van der Waals surface area contributed by atoms with Crippen molar-refractivity contribution in [2.45, 2.75) is 38.3 Å². The number of carboxylic acid groups (broad SMARTS) is 1. The van der Waals surface area contributed by atoms with Crippen molar-refractivity contribution in [2.24, 2.45) is 11.7 Å². The Kier molecular flexibility index (Phi) is 6.78. The largest absolute Gasteiger partial charge is 0.497 e. The number of hydrogen-bond acceptors (Lipinski definition) is 6. The van der Waals surface area contributed by atoms with E-state index in [1.807, 2.05) is 0 Å². The number of amides is 2. The highest BCUT2D eigenvalue weighted by Gasteiger charge is 2.33. The van der Waals surface area contributed by atoms with Crippen LogP contribution in [0.1, 0.15) is 36.5 Å². The molecule has 10 heteroatoms. The number of rotatable bonds is 9. The Balaban J connectivity index is 1.93. The quantitative estimate of drug-likeness (QED) is 0.410. The Morgan fingerprint density at radius 3 is 2.61 bits per heavy atom. The highest BCUT2D eigenvalue weighted by molar-refractivity contribution is 5.98. The number of benzene rings is 1. The Labute approximate surface area is 179 Å². The predicted molar refractivity (Wildman–Crippen MR) is 114 cm³/mol. The summed E-state index contributed by atoms with van der Waals surface area (Å²) in [5.41, 5.74) is 5.88. The molecular weight excluding hydrogens is 405 g/mol. The Hall–Kier alpha value is -3.56. The molecule has 1 aliphatic carbocycles. The summed E-state index contributed by atoms with van der Waals surface area (Å²) in [6.45, 7) is 1.72. The van der Waals surface area contributed by atoms with Gasteiger partial charge in [0.05, 0.1) is 18.7 Å². The molecule has 0 aliphatic heterocycles. The number of anilines is 3. The normalized spacial score (nSPS) is 15.3. The van der Waals surface area contributed by atoms with Crippen molar-refractivity contribution in [3.05, 3.63) is 41.7 Å². The van der Waals surface area contributed by atoms with Crippen LogP contribution in [0.2, 0.25) is 0 Å². The lowest BCUT2D eigenvalue weighted by molar-refractivity contribution is 0.1000. The van der Waals surface area contributed by atoms with E-state index in [1.165, 1.54) is 7.11 Å². The second-order valence-corrected chi connectivity index (χ2v) is 7.54. The number of hydrogen-bond donors (Lipinski definition) is 5. The Morgan fingerprint density at radius 1 is 1.29 bits per heavy atom. The van der Waals surface area contributed by atoms with Crippen molar-refractivity contribution in [1.29, 1.82) is 0 Å². The van der Waals surface area contributed by atoms with E-state index in [0.717, 1.165) is 25.3 Å². The first-order valence-electron chi connectivity index (χ1n) is 9.96. The minimum absolute atomic E-state index is 0.0795. The summed E-state index contributed by atoms with van der Waals surface area (Å²) in [5, 5.41) is 17.5. The van der Waals surface area contributed by atoms with Gasteiger partial charge in [-0.3, -0.25) is 4.79 Å². The molecule has 166 valence electrons. The third-order valence-electron chi connectivity index (χ3n) is 5.42. The van der Waals surface area contributed by atoms with Gasteiger partial charge >= 0.3 is 6.09 Å². The smallest absolute Gasteiger partial charge is 0.404 e. The molecule has 9 nitrogen and oxygen atoms in total. The van der Waals surface area contributed by atoms with Crippen LogP contribution < -0.4 is 26.4 Å². The van der Waals surface area contributed by atoms with Crippen LogP contribution in [0.5, 0.6) is 5.75 Å². The van der Waals surface area contributed by atoms with E-state index in [0.29, 0.717) is 11.4 Å². The number of pyridine rings is 1. The summed E-state index contributed by atoms with van der Waals surface area (Å²) in [6.07, 6.45) is 1.68. The number of nitrogens with zero attached hydrogens (tertiary/aromatic N) is 1. The molecule has 0 bridgehead atoms. The number of carbonyl (C=O) groups excluding carboxylic acids is 1. The molecule has 2 amide bonds. The van der Waals surface area contributed by atoms with Crippen LogP contribution >= 0.6 is 0 Å². The number of aromatic nitrogens is 1. The van der Waals surface area contributed by atoms with Gasteiger partial charge in [-0.2, -0.15) is 0 Å². The molecule has 6 N–H and O–H groups in total. The van der Waals surface area contributed by atoms with E-state index in [2.05, 4.69) is 20.9 Å². The fourth-order valence-electron chi connectivity index (χ4n) is 3.60. The van der Waals surface area contributed by atoms with Crippen LogP contribution in [0, 0.1) is 11.7 Å². The maximum absolute atomic E-state index is 14.8. The van der Waals surface area contributed by atoms with Crippen LogP contribution in [-0.4, -0.2) is 41.3 Å². The predicted octanol–water partition coefficient (Wildman–Crippen LogP) is 3.31. The van der Waals surface area contributed by atoms with E-state index in [-0.39, 0.29) is 29.2 Å². The summed E-state index contributed by atoms with van der Waals surface area (Å²) in [4.78, 5) is 27.2. The molecule has 1 heterocycles. The molecule has 0 saturated heterocycles. The van der Waals surface area contributed by atoms with Gasteiger partial charge in [0.1, 0.15) is 11.6 Å². The molecule has 1 saturated carbocycles. The minimum Gasteiger partial charge on any atom is -0.497 e.